The number of amides is 1. The van der Waals surface area contributed by atoms with E-state index in [1.54, 1.807) is 13.0 Å². The summed E-state index contributed by atoms with van der Waals surface area (Å²) in [4.78, 5) is 22.7. The van der Waals surface area contributed by atoms with Gasteiger partial charge in [-0.1, -0.05) is 12.1 Å². The number of aromatic hydroxyl groups is 1. The van der Waals surface area contributed by atoms with Crippen molar-refractivity contribution >= 4 is 11.9 Å². The molecule has 0 bridgehead atoms. The Kier molecular flexibility index (Phi) is 4.48. The molecule has 0 heterocycles. The Morgan fingerprint density at radius 2 is 2.17 bits per heavy atom. The molecule has 1 rings (SSSR count). The number of carbonyl (C=O) groups excluding carboxylic acids is 1. The average Bonchev–Trinajstić information content (AvgIpc) is 2.27. The van der Waals surface area contributed by atoms with Crippen LogP contribution >= 0.6 is 0 Å². The number of carbonyl (C=O) groups is 2. The number of benzene rings is 1. The van der Waals surface area contributed by atoms with E-state index in [9.17, 15) is 14.7 Å². The second-order valence-corrected chi connectivity index (χ2v) is 3.91. The van der Waals surface area contributed by atoms with Crippen LogP contribution in [0.25, 0.3) is 0 Å². The molecule has 0 fully saturated rings. The first-order valence-corrected chi connectivity index (χ1v) is 5.40. The molecule has 0 aliphatic rings. The van der Waals surface area contributed by atoms with Crippen LogP contribution in [0.5, 0.6) is 5.75 Å². The van der Waals surface area contributed by atoms with Gasteiger partial charge in [0.2, 0.25) is 0 Å². The van der Waals surface area contributed by atoms with Gasteiger partial charge in [-0.15, -0.1) is 6.58 Å². The van der Waals surface area contributed by atoms with E-state index < -0.39 is 17.9 Å². The number of carboxylic acids is 1. The maximum Gasteiger partial charge on any atom is 0.326 e. The monoisotopic (exact) mass is 249 g/mol. The first kappa shape index (κ1) is 13.8. The fraction of sp³-hybridized carbons (Fsp3) is 0.231. The highest BCUT2D eigenvalue weighted by Gasteiger charge is 2.20. The van der Waals surface area contributed by atoms with E-state index in [1.807, 2.05) is 0 Å². The number of phenolic OH excluding ortho intramolecular Hbond substituents is 1. The largest absolute Gasteiger partial charge is 0.507 e. The summed E-state index contributed by atoms with van der Waals surface area (Å²) in [7, 11) is 0. The highest BCUT2D eigenvalue weighted by Crippen LogP contribution is 2.18. The van der Waals surface area contributed by atoms with Crippen LogP contribution in [0.2, 0.25) is 0 Å². The van der Waals surface area contributed by atoms with Gasteiger partial charge in [0.25, 0.3) is 5.91 Å². The van der Waals surface area contributed by atoms with Crippen molar-refractivity contribution in [1.29, 1.82) is 0 Å². The third kappa shape index (κ3) is 3.35. The van der Waals surface area contributed by atoms with Crippen molar-refractivity contribution in [2.45, 2.75) is 19.4 Å². The van der Waals surface area contributed by atoms with Crippen LogP contribution in [-0.4, -0.2) is 28.1 Å². The molecule has 0 saturated heterocycles. The lowest BCUT2D eigenvalue weighted by atomic mass is 10.1. The lowest BCUT2D eigenvalue weighted by Crippen LogP contribution is -2.40. The highest BCUT2D eigenvalue weighted by molar-refractivity contribution is 5.98. The summed E-state index contributed by atoms with van der Waals surface area (Å²) in [5.41, 5.74) is 0.862. The third-order valence-electron chi connectivity index (χ3n) is 2.40. The summed E-state index contributed by atoms with van der Waals surface area (Å²) < 4.78 is 0. The molecule has 0 radical (unpaired) electrons. The van der Waals surface area contributed by atoms with Crippen molar-refractivity contribution in [2.75, 3.05) is 0 Å². The highest BCUT2D eigenvalue weighted by atomic mass is 16.4. The Bertz CT molecular complexity index is 482. The second-order valence-electron chi connectivity index (χ2n) is 3.91. The molecule has 1 aromatic carbocycles. The van der Waals surface area contributed by atoms with Crippen LogP contribution in [0.1, 0.15) is 22.3 Å². The van der Waals surface area contributed by atoms with Crippen molar-refractivity contribution in [3.05, 3.63) is 42.0 Å². The first-order valence-electron chi connectivity index (χ1n) is 5.40. The number of hydrogen-bond donors (Lipinski definition) is 3. The maximum atomic E-state index is 11.8. The zero-order valence-corrected chi connectivity index (χ0v) is 10.0. The first-order chi connectivity index (χ1) is 8.45. The van der Waals surface area contributed by atoms with Gasteiger partial charge in [0, 0.05) is 0 Å². The average molecular weight is 249 g/mol. The minimum absolute atomic E-state index is 0.0518. The molecule has 1 unspecified atom stereocenters. The zero-order valence-electron chi connectivity index (χ0n) is 10.0. The molecule has 3 N–H and O–H groups in total. The molecule has 1 atom stereocenters. The number of aliphatic carboxylic acids is 1. The molecule has 1 amide bonds. The predicted octanol–water partition coefficient (Wildman–Crippen LogP) is 1.46. The summed E-state index contributed by atoms with van der Waals surface area (Å²) in [5, 5.41) is 20.8. The smallest absolute Gasteiger partial charge is 0.326 e. The molecule has 0 spiro atoms. The Morgan fingerprint density at radius 1 is 1.50 bits per heavy atom. The molecule has 0 aliphatic heterocycles. The summed E-state index contributed by atoms with van der Waals surface area (Å²) >= 11 is 0. The Balaban J connectivity index is 2.86. The van der Waals surface area contributed by atoms with E-state index in [0.29, 0.717) is 0 Å². The molecule has 1 aromatic rings. The number of rotatable bonds is 5. The van der Waals surface area contributed by atoms with Gasteiger partial charge < -0.3 is 15.5 Å². The molecule has 5 heteroatoms. The van der Waals surface area contributed by atoms with Gasteiger partial charge in [-0.3, -0.25) is 4.79 Å². The Labute approximate surface area is 105 Å². The van der Waals surface area contributed by atoms with Crippen LogP contribution in [0, 0.1) is 6.92 Å². The topological polar surface area (TPSA) is 86.6 Å². The molecule has 0 aromatic heterocycles. The summed E-state index contributed by atoms with van der Waals surface area (Å²) in [6.07, 6.45) is 1.53. The van der Waals surface area contributed by atoms with Gasteiger partial charge in [-0.05, 0) is 31.0 Å². The molecule has 18 heavy (non-hydrogen) atoms. The Morgan fingerprint density at radius 3 is 2.67 bits per heavy atom. The third-order valence-corrected chi connectivity index (χ3v) is 2.40. The van der Waals surface area contributed by atoms with Gasteiger partial charge >= 0.3 is 5.97 Å². The van der Waals surface area contributed by atoms with Crippen LogP contribution in [0.3, 0.4) is 0 Å². The van der Waals surface area contributed by atoms with E-state index in [0.717, 1.165) is 5.56 Å². The van der Waals surface area contributed by atoms with E-state index >= 15 is 0 Å². The van der Waals surface area contributed by atoms with Crippen LogP contribution < -0.4 is 5.32 Å². The van der Waals surface area contributed by atoms with Gasteiger partial charge in [0.05, 0.1) is 5.56 Å². The van der Waals surface area contributed by atoms with Crippen molar-refractivity contribution in [1.82, 2.24) is 5.32 Å². The second kappa shape index (κ2) is 5.86. The SMILES string of the molecule is C=CCC(NC(=O)c1ccc(C)cc1O)C(=O)O. The number of hydrogen-bond acceptors (Lipinski definition) is 3. The van der Waals surface area contributed by atoms with Crippen LogP contribution in [0.4, 0.5) is 0 Å². The van der Waals surface area contributed by atoms with Crippen molar-refractivity contribution < 1.29 is 19.8 Å². The van der Waals surface area contributed by atoms with Gasteiger partial charge in [-0.2, -0.15) is 0 Å². The van der Waals surface area contributed by atoms with E-state index in [4.69, 9.17) is 5.11 Å². The minimum atomic E-state index is -1.14. The summed E-state index contributed by atoms with van der Waals surface area (Å²) in [6, 6.07) is 3.51. The molecule has 96 valence electrons. The molecule has 0 saturated carbocycles. The molecular weight excluding hydrogens is 234 g/mol. The fourth-order valence-corrected chi connectivity index (χ4v) is 1.46. The number of aryl methyl sites for hydroxylation is 1. The number of nitrogens with one attached hydrogen (secondary N) is 1. The molecule has 5 nitrogen and oxygen atoms in total. The summed E-state index contributed by atoms with van der Waals surface area (Å²) in [5.74, 6) is -1.94. The van der Waals surface area contributed by atoms with Crippen molar-refractivity contribution in [2.24, 2.45) is 0 Å². The molecule has 0 aliphatic carbocycles. The van der Waals surface area contributed by atoms with Gasteiger partial charge in [0.15, 0.2) is 0 Å². The summed E-state index contributed by atoms with van der Waals surface area (Å²) in [6.45, 7) is 5.21. The molecular formula is C13H15NO4. The van der Waals surface area contributed by atoms with Crippen molar-refractivity contribution in [3.63, 3.8) is 0 Å². The normalized spacial score (nSPS) is 11.6. The van der Waals surface area contributed by atoms with E-state index in [1.165, 1.54) is 18.2 Å². The minimum Gasteiger partial charge on any atom is -0.507 e. The van der Waals surface area contributed by atoms with E-state index in [2.05, 4.69) is 11.9 Å². The van der Waals surface area contributed by atoms with Crippen LogP contribution in [0.15, 0.2) is 30.9 Å². The zero-order chi connectivity index (χ0) is 13.7. The van der Waals surface area contributed by atoms with Crippen LogP contribution in [-0.2, 0) is 4.79 Å². The Hall–Kier alpha value is -2.30. The lowest BCUT2D eigenvalue weighted by Gasteiger charge is -2.13. The quantitative estimate of drug-likeness (QED) is 0.689. The maximum absolute atomic E-state index is 11.8. The van der Waals surface area contributed by atoms with Crippen molar-refractivity contribution in [3.8, 4) is 5.75 Å². The fourth-order valence-electron chi connectivity index (χ4n) is 1.46. The van der Waals surface area contributed by atoms with E-state index in [-0.39, 0.29) is 17.7 Å². The number of carboxylic acid groups (broad SMARTS) is 1. The van der Waals surface area contributed by atoms with Gasteiger partial charge in [-0.25, -0.2) is 4.79 Å². The van der Waals surface area contributed by atoms with Gasteiger partial charge in [0.1, 0.15) is 11.8 Å². The number of phenols is 1. The lowest BCUT2D eigenvalue weighted by molar-refractivity contribution is -0.139. The standard InChI is InChI=1S/C13H15NO4/c1-3-4-10(13(17)18)14-12(16)9-6-5-8(2)7-11(9)15/h3,5-7,10,15H,1,4H2,2H3,(H,14,16)(H,17,18). The predicted molar refractivity (Wildman–Crippen MR) is 66.5 cm³/mol.